The van der Waals surface area contributed by atoms with Crippen LogP contribution < -0.4 is 0 Å². The summed E-state index contributed by atoms with van der Waals surface area (Å²) in [6, 6.07) is 1.72. The monoisotopic (exact) mass is 167 g/mol. The summed E-state index contributed by atoms with van der Waals surface area (Å²) in [7, 11) is 0. The summed E-state index contributed by atoms with van der Waals surface area (Å²) in [5.41, 5.74) is 0.446. The molecule has 0 amide bonds. The van der Waals surface area contributed by atoms with E-state index in [4.69, 9.17) is 4.52 Å². The molecule has 0 spiro atoms. The van der Waals surface area contributed by atoms with E-state index in [-0.39, 0.29) is 11.7 Å². The molecule has 1 heterocycles. The largest absolute Gasteiger partial charge is 0.360 e. The van der Waals surface area contributed by atoms with Crippen molar-refractivity contribution in [3.63, 3.8) is 0 Å². The van der Waals surface area contributed by atoms with Gasteiger partial charge < -0.3 is 4.52 Å². The van der Waals surface area contributed by atoms with Crippen LogP contribution in [0.4, 0.5) is 0 Å². The third-order valence-electron chi connectivity index (χ3n) is 1.70. The van der Waals surface area contributed by atoms with Gasteiger partial charge in [0, 0.05) is 18.4 Å². The Bertz CT molecular complexity index is 276. The van der Waals surface area contributed by atoms with Gasteiger partial charge in [0.2, 0.25) is 0 Å². The molecule has 0 radical (unpaired) electrons. The molecule has 0 fully saturated rings. The number of carbonyl (C=O) groups excluding carboxylic acids is 1. The van der Waals surface area contributed by atoms with Crippen LogP contribution in [-0.2, 0) is 0 Å². The summed E-state index contributed by atoms with van der Waals surface area (Å²) in [5.74, 6) is 1.09. The Hall–Kier alpha value is -1.12. The number of rotatable bonds is 3. The molecule has 0 aliphatic carbocycles. The SMILES string of the molecule is CCC(=O)c1cc(C(C)C)on1. The Labute approximate surface area is 71.7 Å². The standard InChI is InChI=1S/C9H13NO2/c1-4-8(11)7-5-9(6(2)3)12-10-7/h5-6H,4H2,1-3H3. The normalized spacial score (nSPS) is 10.7. The number of nitrogens with zero attached hydrogens (tertiary/aromatic N) is 1. The molecule has 3 heteroatoms. The molecule has 0 aliphatic heterocycles. The Balaban J connectivity index is 2.84. The van der Waals surface area contributed by atoms with Gasteiger partial charge in [-0.1, -0.05) is 25.9 Å². The first-order valence-electron chi connectivity index (χ1n) is 4.15. The van der Waals surface area contributed by atoms with E-state index in [2.05, 4.69) is 5.16 Å². The second-order valence-electron chi connectivity index (χ2n) is 3.05. The molecule has 0 aliphatic rings. The van der Waals surface area contributed by atoms with E-state index >= 15 is 0 Å². The molecule has 1 aromatic heterocycles. The highest BCUT2D eigenvalue weighted by Gasteiger charge is 2.11. The fourth-order valence-electron chi connectivity index (χ4n) is 0.874. The van der Waals surface area contributed by atoms with Crippen molar-refractivity contribution in [2.24, 2.45) is 0 Å². The minimum atomic E-state index is 0.0330. The van der Waals surface area contributed by atoms with Gasteiger partial charge in [0.25, 0.3) is 0 Å². The minimum Gasteiger partial charge on any atom is -0.360 e. The lowest BCUT2D eigenvalue weighted by Crippen LogP contribution is -1.95. The van der Waals surface area contributed by atoms with Crippen LogP contribution in [0.15, 0.2) is 10.6 Å². The molecule has 0 N–H and O–H groups in total. The van der Waals surface area contributed by atoms with Crippen LogP contribution in [0, 0.1) is 0 Å². The molecule has 1 rings (SSSR count). The Morgan fingerprint density at radius 3 is 2.75 bits per heavy atom. The molecular formula is C9H13NO2. The number of aromatic nitrogens is 1. The van der Waals surface area contributed by atoms with Gasteiger partial charge in [0.1, 0.15) is 11.5 Å². The zero-order chi connectivity index (χ0) is 9.14. The smallest absolute Gasteiger partial charge is 0.184 e. The van der Waals surface area contributed by atoms with Gasteiger partial charge in [-0.25, -0.2) is 0 Å². The van der Waals surface area contributed by atoms with Crippen LogP contribution in [0.5, 0.6) is 0 Å². The molecule has 0 aromatic carbocycles. The maximum absolute atomic E-state index is 11.1. The second kappa shape index (κ2) is 3.52. The third kappa shape index (κ3) is 1.72. The fraction of sp³-hybridized carbons (Fsp3) is 0.556. The lowest BCUT2D eigenvalue weighted by atomic mass is 10.1. The van der Waals surface area contributed by atoms with Gasteiger partial charge in [0.15, 0.2) is 5.78 Å². The summed E-state index contributed by atoms with van der Waals surface area (Å²) in [6.45, 7) is 5.81. The number of hydrogen-bond acceptors (Lipinski definition) is 3. The Kier molecular flexibility index (Phi) is 2.63. The lowest BCUT2D eigenvalue weighted by Gasteiger charge is -1.93. The van der Waals surface area contributed by atoms with Crippen molar-refractivity contribution in [1.82, 2.24) is 5.16 Å². The van der Waals surface area contributed by atoms with Crippen molar-refractivity contribution in [2.75, 3.05) is 0 Å². The summed E-state index contributed by atoms with van der Waals surface area (Å²) in [6.07, 6.45) is 0.476. The van der Waals surface area contributed by atoms with Crippen LogP contribution in [0.1, 0.15) is 49.4 Å². The zero-order valence-corrected chi connectivity index (χ0v) is 7.63. The predicted molar refractivity (Wildman–Crippen MR) is 45.2 cm³/mol. The topological polar surface area (TPSA) is 43.1 Å². The third-order valence-corrected chi connectivity index (χ3v) is 1.70. The summed E-state index contributed by atoms with van der Waals surface area (Å²) in [5, 5.41) is 3.68. The van der Waals surface area contributed by atoms with Crippen LogP contribution in [0.25, 0.3) is 0 Å². The number of hydrogen-bond donors (Lipinski definition) is 0. The molecule has 1 aromatic rings. The van der Waals surface area contributed by atoms with Crippen molar-refractivity contribution in [3.8, 4) is 0 Å². The highest BCUT2D eigenvalue weighted by Crippen LogP contribution is 2.15. The molecule has 0 saturated heterocycles. The molecule has 12 heavy (non-hydrogen) atoms. The maximum Gasteiger partial charge on any atom is 0.184 e. The first-order valence-corrected chi connectivity index (χ1v) is 4.15. The predicted octanol–water partition coefficient (Wildman–Crippen LogP) is 2.39. The van der Waals surface area contributed by atoms with Gasteiger partial charge in [-0.05, 0) is 0 Å². The molecule has 0 saturated carbocycles. The summed E-state index contributed by atoms with van der Waals surface area (Å²) >= 11 is 0. The van der Waals surface area contributed by atoms with E-state index in [1.165, 1.54) is 0 Å². The van der Waals surface area contributed by atoms with Crippen LogP contribution in [0.3, 0.4) is 0 Å². The number of carbonyl (C=O) groups is 1. The second-order valence-corrected chi connectivity index (χ2v) is 3.05. The van der Waals surface area contributed by atoms with Crippen molar-refractivity contribution >= 4 is 5.78 Å². The lowest BCUT2D eigenvalue weighted by molar-refractivity contribution is 0.0979. The first-order chi connectivity index (χ1) is 5.65. The van der Waals surface area contributed by atoms with Gasteiger partial charge in [-0.15, -0.1) is 0 Å². The van der Waals surface area contributed by atoms with Crippen LogP contribution in [0.2, 0.25) is 0 Å². The van der Waals surface area contributed by atoms with E-state index < -0.39 is 0 Å². The summed E-state index contributed by atoms with van der Waals surface area (Å²) in [4.78, 5) is 11.1. The van der Waals surface area contributed by atoms with Crippen LogP contribution in [-0.4, -0.2) is 10.9 Å². The first kappa shape index (κ1) is 8.97. The average Bonchev–Trinajstić information content (AvgIpc) is 2.51. The molecule has 0 bridgehead atoms. The van der Waals surface area contributed by atoms with E-state index in [1.807, 2.05) is 20.8 Å². The quantitative estimate of drug-likeness (QED) is 0.649. The van der Waals surface area contributed by atoms with Crippen molar-refractivity contribution in [1.29, 1.82) is 0 Å². The van der Waals surface area contributed by atoms with E-state index in [0.717, 1.165) is 5.76 Å². The van der Waals surface area contributed by atoms with Gasteiger partial charge in [-0.3, -0.25) is 4.79 Å². The Morgan fingerprint density at radius 2 is 2.33 bits per heavy atom. The van der Waals surface area contributed by atoms with Crippen molar-refractivity contribution in [2.45, 2.75) is 33.1 Å². The van der Waals surface area contributed by atoms with E-state index in [9.17, 15) is 4.79 Å². The molecule has 66 valence electrons. The van der Waals surface area contributed by atoms with Gasteiger partial charge in [0.05, 0.1) is 0 Å². The van der Waals surface area contributed by atoms with Gasteiger partial charge >= 0.3 is 0 Å². The highest BCUT2D eigenvalue weighted by molar-refractivity contribution is 5.93. The maximum atomic E-state index is 11.1. The molecule has 0 unspecified atom stereocenters. The van der Waals surface area contributed by atoms with E-state index in [0.29, 0.717) is 12.1 Å². The highest BCUT2D eigenvalue weighted by atomic mass is 16.5. The Morgan fingerprint density at radius 1 is 1.67 bits per heavy atom. The van der Waals surface area contributed by atoms with Gasteiger partial charge in [-0.2, -0.15) is 0 Å². The van der Waals surface area contributed by atoms with Crippen LogP contribution >= 0.6 is 0 Å². The number of Topliss-reactive ketones (excluding diaryl/α,β-unsaturated/α-hetero) is 1. The molecule has 3 nitrogen and oxygen atoms in total. The molecule has 0 atom stereocenters. The minimum absolute atomic E-state index is 0.0330. The fourth-order valence-corrected chi connectivity index (χ4v) is 0.874. The van der Waals surface area contributed by atoms with Crippen molar-refractivity contribution < 1.29 is 9.32 Å². The van der Waals surface area contributed by atoms with Crippen molar-refractivity contribution in [3.05, 3.63) is 17.5 Å². The summed E-state index contributed by atoms with van der Waals surface area (Å²) < 4.78 is 4.98. The zero-order valence-electron chi connectivity index (χ0n) is 7.63. The average molecular weight is 167 g/mol. The number of ketones is 1. The van der Waals surface area contributed by atoms with E-state index in [1.54, 1.807) is 6.07 Å². The molecular weight excluding hydrogens is 154 g/mol.